The van der Waals surface area contributed by atoms with Gasteiger partial charge in [-0.05, 0) is 24.1 Å². The van der Waals surface area contributed by atoms with E-state index in [9.17, 15) is 18.4 Å². The summed E-state index contributed by atoms with van der Waals surface area (Å²) in [7, 11) is 0. The van der Waals surface area contributed by atoms with E-state index in [1.54, 1.807) is 11.1 Å². The van der Waals surface area contributed by atoms with Crippen LogP contribution in [0.15, 0.2) is 42.6 Å². The predicted octanol–water partition coefficient (Wildman–Crippen LogP) is 2.81. The Labute approximate surface area is 180 Å². The summed E-state index contributed by atoms with van der Waals surface area (Å²) in [5.74, 6) is -2.43. The molecule has 2 aromatic rings. The number of carbonyl (C=O) groups is 2. The molecule has 1 atom stereocenters. The molecular weight excluding hydrogens is 404 g/mol. The molecule has 0 aliphatic carbocycles. The molecule has 1 aliphatic rings. The highest BCUT2D eigenvalue weighted by Gasteiger charge is 2.31. The van der Waals surface area contributed by atoms with Gasteiger partial charge >= 0.3 is 0 Å². The average Bonchev–Trinajstić information content (AvgIpc) is 2.89. The van der Waals surface area contributed by atoms with E-state index in [-0.39, 0.29) is 43.5 Å². The van der Waals surface area contributed by atoms with Gasteiger partial charge in [-0.15, -0.1) is 0 Å². The standard InChI is InChI=1S/C23H27F2N3O3/c1-16(2)11-27-12-19(31-15-18-7-3-4-9-26-18)13-28(14-22(27)30)21(29)10-17-6-5-8-20(24)23(17)25/h3-9,16,19H,10-15H2,1-2H3/t19-/m0/s1. The summed E-state index contributed by atoms with van der Waals surface area (Å²) >= 11 is 0. The third kappa shape index (κ3) is 6.30. The highest BCUT2D eigenvalue weighted by atomic mass is 19.2. The fourth-order valence-corrected chi connectivity index (χ4v) is 3.54. The lowest BCUT2D eigenvalue weighted by atomic mass is 10.1. The monoisotopic (exact) mass is 431 g/mol. The van der Waals surface area contributed by atoms with Crippen molar-refractivity contribution in [3.8, 4) is 0 Å². The van der Waals surface area contributed by atoms with Crippen molar-refractivity contribution in [1.82, 2.24) is 14.8 Å². The molecule has 0 saturated carbocycles. The van der Waals surface area contributed by atoms with E-state index in [0.717, 1.165) is 11.8 Å². The van der Waals surface area contributed by atoms with Crippen LogP contribution in [-0.4, -0.2) is 58.9 Å². The molecule has 0 N–H and O–H groups in total. The Morgan fingerprint density at radius 1 is 1.19 bits per heavy atom. The van der Waals surface area contributed by atoms with E-state index in [1.807, 2.05) is 32.0 Å². The zero-order chi connectivity index (χ0) is 22.4. The number of aromatic nitrogens is 1. The highest BCUT2D eigenvalue weighted by molar-refractivity contribution is 5.86. The summed E-state index contributed by atoms with van der Waals surface area (Å²) < 4.78 is 33.5. The fourth-order valence-electron chi connectivity index (χ4n) is 3.54. The Bertz CT molecular complexity index is 908. The quantitative estimate of drug-likeness (QED) is 0.677. The van der Waals surface area contributed by atoms with E-state index < -0.39 is 23.6 Å². The number of benzene rings is 1. The first-order valence-electron chi connectivity index (χ1n) is 10.3. The molecular formula is C23H27F2N3O3. The van der Waals surface area contributed by atoms with Crippen LogP contribution in [0.2, 0.25) is 0 Å². The second-order valence-electron chi connectivity index (χ2n) is 8.11. The molecule has 0 radical (unpaired) electrons. The molecule has 2 amide bonds. The van der Waals surface area contributed by atoms with Crippen molar-refractivity contribution in [1.29, 1.82) is 0 Å². The summed E-state index contributed by atoms with van der Waals surface area (Å²) in [5.41, 5.74) is 0.708. The largest absolute Gasteiger partial charge is 0.368 e. The Kier molecular flexibility index (Phi) is 7.68. The van der Waals surface area contributed by atoms with Crippen LogP contribution in [-0.2, 0) is 27.4 Å². The van der Waals surface area contributed by atoms with E-state index in [2.05, 4.69) is 4.98 Å². The SMILES string of the molecule is CC(C)CN1C[C@H](OCc2ccccn2)CN(C(=O)Cc2cccc(F)c2F)CC1=O. The molecule has 166 valence electrons. The average molecular weight is 431 g/mol. The molecule has 0 unspecified atom stereocenters. The molecule has 1 aromatic carbocycles. The minimum Gasteiger partial charge on any atom is -0.368 e. The van der Waals surface area contributed by atoms with E-state index in [1.165, 1.54) is 17.0 Å². The first-order chi connectivity index (χ1) is 14.8. The van der Waals surface area contributed by atoms with Gasteiger partial charge in [-0.3, -0.25) is 14.6 Å². The molecule has 0 bridgehead atoms. The summed E-state index contributed by atoms with van der Waals surface area (Å²) in [6.45, 7) is 5.23. The van der Waals surface area contributed by atoms with Crippen molar-refractivity contribution in [3.05, 3.63) is 65.5 Å². The van der Waals surface area contributed by atoms with Gasteiger partial charge in [0.2, 0.25) is 11.8 Å². The van der Waals surface area contributed by atoms with Crippen LogP contribution in [0.25, 0.3) is 0 Å². The molecule has 31 heavy (non-hydrogen) atoms. The van der Waals surface area contributed by atoms with E-state index in [4.69, 9.17) is 4.74 Å². The Balaban J connectivity index is 1.74. The number of hydrogen-bond acceptors (Lipinski definition) is 4. The first kappa shape index (κ1) is 22.8. The Morgan fingerprint density at radius 2 is 2.00 bits per heavy atom. The number of rotatable bonds is 7. The van der Waals surface area contributed by atoms with E-state index in [0.29, 0.717) is 13.1 Å². The smallest absolute Gasteiger partial charge is 0.242 e. The molecule has 1 fully saturated rings. The number of pyridine rings is 1. The second kappa shape index (κ2) is 10.4. The zero-order valence-electron chi connectivity index (χ0n) is 17.8. The lowest BCUT2D eigenvalue weighted by molar-refractivity contribution is -0.138. The maximum atomic E-state index is 14.0. The van der Waals surface area contributed by atoms with Gasteiger partial charge in [-0.2, -0.15) is 0 Å². The van der Waals surface area contributed by atoms with Crippen molar-refractivity contribution < 1.29 is 23.1 Å². The molecule has 6 nitrogen and oxygen atoms in total. The van der Waals surface area contributed by atoms with Crippen molar-refractivity contribution in [3.63, 3.8) is 0 Å². The normalized spacial score (nSPS) is 17.2. The first-order valence-corrected chi connectivity index (χ1v) is 10.3. The Morgan fingerprint density at radius 3 is 2.71 bits per heavy atom. The van der Waals surface area contributed by atoms with Crippen LogP contribution in [0.4, 0.5) is 8.78 Å². The summed E-state index contributed by atoms with van der Waals surface area (Å²) in [5, 5.41) is 0. The van der Waals surface area contributed by atoms with E-state index >= 15 is 0 Å². The number of halogens is 2. The number of amides is 2. The van der Waals surface area contributed by atoms with Crippen LogP contribution in [0.1, 0.15) is 25.1 Å². The lowest BCUT2D eigenvalue weighted by Gasteiger charge is -2.25. The summed E-state index contributed by atoms with van der Waals surface area (Å²) in [4.78, 5) is 33.0. The third-order valence-corrected chi connectivity index (χ3v) is 5.03. The topological polar surface area (TPSA) is 62.7 Å². The van der Waals surface area contributed by atoms with Crippen LogP contribution < -0.4 is 0 Å². The number of carbonyl (C=O) groups excluding carboxylic acids is 2. The molecule has 0 spiro atoms. The van der Waals surface area contributed by atoms with Gasteiger partial charge in [0, 0.05) is 31.4 Å². The minimum absolute atomic E-state index is 0.0355. The molecule has 3 rings (SSSR count). The number of nitrogens with zero attached hydrogens (tertiary/aromatic N) is 3. The van der Waals surface area contributed by atoms with Gasteiger partial charge in [0.15, 0.2) is 11.6 Å². The second-order valence-corrected chi connectivity index (χ2v) is 8.11. The summed E-state index contributed by atoms with van der Waals surface area (Å²) in [6, 6.07) is 9.24. The molecule has 2 heterocycles. The third-order valence-electron chi connectivity index (χ3n) is 5.03. The number of hydrogen-bond donors (Lipinski definition) is 0. The van der Waals surface area contributed by atoms with Crippen LogP contribution in [0, 0.1) is 17.6 Å². The van der Waals surface area contributed by atoms with Crippen molar-refractivity contribution in [2.45, 2.75) is 33.0 Å². The van der Waals surface area contributed by atoms with Gasteiger partial charge < -0.3 is 14.5 Å². The Hall–Kier alpha value is -2.87. The summed E-state index contributed by atoms with van der Waals surface area (Å²) in [6.07, 6.45) is 0.922. The minimum atomic E-state index is -1.04. The molecule has 1 aromatic heterocycles. The fraction of sp³-hybridized carbons (Fsp3) is 0.435. The zero-order valence-corrected chi connectivity index (χ0v) is 17.8. The van der Waals surface area contributed by atoms with Gasteiger partial charge in [0.1, 0.15) is 0 Å². The van der Waals surface area contributed by atoms with Gasteiger partial charge in [-0.1, -0.05) is 32.0 Å². The highest BCUT2D eigenvalue weighted by Crippen LogP contribution is 2.16. The van der Waals surface area contributed by atoms with Gasteiger partial charge in [0.05, 0.1) is 31.4 Å². The van der Waals surface area contributed by atoms with Gasteiger partial charge in [0.25, 0.3) is 0 Å². The molecule has 1 saturated heterocycles. The van der Waals surface area contributed by atoms with Crippen LogP contribution in [0.3, 0.4) is 0 Å². The number of ether oxygens (including phenoxy) is 1. The lowest BCUT2D eigenvalue weighted by Crippen LogP contribution is -2.41. The van der Waals surface area contributed by atoms with Crippen LogP contribution >= 0.6 is 0 Å². The molecule has 8 heteroatoms. The molecule has 1 aliphatic heterocycles. The van der Waals surface area contributed by atoms with Crippen LogP contribution in [0.5, 0.6) is 0 Å². The van der Waals surface area contributed by atoms with Crippen molar-refractivity contribution in [2.24, 2.45) is 5.92 Å². The maximum Gasteiger partial charge on any atom is 0.242 e. The predicted molar refractivity (Wildman–Crippen MR) is 111 cm³/mol. The maximum absolute atomic E-state index is 14.0. The van der Waals surface area contributed by atoms with Crippen molar-refractivity contribution >= 4 is 11.8 Å². The van der Waals surface area contributed by atoms with Crippen molar-refractivity contribution in [2.75, 3.05) is 26.2 Å². The van der Waals surface area contributed by atoms with Gasteiger partial charge in [-0.25, -0.2) is 8.78 Å².